The lowest BCUT2D eigenvalue weighted by Crippen LogP contribution is -2.38. The number of nitrogens with zero attached hydrogens (tertiary/aromatic N) is 2. The fraction of sp³-hybridized carbons (Fsp3) is 0.667. The number of nitrogens with two attached hydrogens (primary N) is 1. The molecule has 1 aliphatic rings. The standard InChI is InChI=1S/C12H20N3O9P/c1-21-4-5-22-10-9(16)7(6-23-25(18,19)20)24-11(10)15-3-2-8(13)14-12(15)17/h2-3,7,9-11,16H,4-6H2,1H3,(H2,13,14,17)(H2,18,19,20)/t7-,9-,10-,11-/m1/s1. The lowest BCUT2D eigenvalue weighted by atomic mass is 10.1. The molecule has 1 aromatic rings. The Balaban J connectivity index is 2.21. The summed E-state index contributed by atoms with van der Waals surface area (Å²) in [7, 11) is -3.28. The highest BCUT2D eigenvalue weighted by atomic mass is 31.2. The number of hydrogen-bond acceptors (Lipinski definition) is 9. The van der Waals surface area contributed by atoms with Crippen LogP contribution in [0.25, 0.3) is 0 Å². The number of aromatic nitrogens is 2. The van der Waals surface area contributed by atoms with Crippen molar-refractivity contribution in [3.8, 4) is 0 Å². The van der Waals surface area contributed by atoms with Crippen LogP contribution in [-0.2, 0) is 23.3 Å². The maximum atomic E-state index is 12.0. The third kappa shape index (κ3) is 5.30. The molecule has 1 aliphatic heterocycles. The first-order valence-corrected chi connectivity index (χ1v) is 8.75. The van der Waals surface area contributed by atoms with Crippen LogP contribution in [-0.4, -0.2) is 69.7 Å². The smallest absolute Gasteiger partial charge is 0.387 e. The van der Waals surface area contributed by atoms with E-state index in [0.29, 0.717) is 0 Å². The molecule has 4 atom stereocenters. The number of methoxy groups -OCH3 is 1. The predicted molar refractivity (Wildman–Crippen MR) is 82.4 cm³/mol. The van der Waals surface area contributed by atoms with E-state index in [0.717, 1.165) is 4.57 Å². The zero-order valence-corrected chi connectivity index (χ0v) is 14.2. The maximum Gasteiger partial charge on any atom is 0.469 e. The molecule has 1 aromatic heterocycles. The molecule has 0 amide bonds. The normalized spacial score (nSPS) is 26.9. The van der Waals surface area contributed by atoms with Crippen molar-refractivity contribution in [3.63, 3.8) is 0 Å². The summed E-state index contributed by atoms with van der Waals surface area (Å²) in [5.74, 6) is 0.0121. The van der Waals surface area contributed by atoms with Crippen LogP contribution in [0.2, 0.25) is 0 Å². The first-order valence-electron chi connectivity index (χ1n) is 7.22. The van der Waals surface area contributed by atoms with Crippen molar-refractivity contribution in [1.82, 2.24) is 9.55 Å². The first kappa shape index (κ1) is 19.9. The quantitative estimate of drug-likeness (QED) is 0.296. The molecule has 0 saturated carbocycles. The Morgan fingerprint density at radius 3 is 2.76 bits per heavy atom. The second-order valence-corrected chi connectivity index (χ2v) is 6.45. The van der Waals surface area contributed by atoms with Crippen LogP contribution in [0.4, 0.5) is 5.82 Å². The van der Waals surface area contributed by atoms with Crippen molar-refractivity contribution < 1.29 is 38.2 Å². The number of aliphatic hydroxyl groups excluding tert-OH is 1. The zero-order valence-electron chi connectivity index (χ0n) is 13.3. The van der Waals surface area contributed by atoms with E-state index in [9.17, 15) is 14.5 Å². The number of phosphoric acid groups is 1. The van der Waals surface area contributed by atoms with Crippen LogP contribution in [0.15, 0.2) is 17.1 Å². The molecule has 25 heavy (non-hydrogen) atoms. The van der Waals surface area contributed by atoms with Crippen molar-refractivity contribution in [2.75, 3.05) is 32.7 Å². The molecule has 13 heteroatoms. The highest BCUT2D eigenvalue weighted by Crippen LogP contribution is 2.38. The van der Waals surface area contributed by atoms with Crippen molar-refractivity contribution >= 4 is 13.6 Å². The molecule has 12 nitrogen and oxygen atoms in total. The van der Waals surface area contributed by atoms with Gasteiger partial charge in [0.25, 0.3) is 0 Å². The fourth-order valence-electron chi connectivity index (χ4n) is 2.32. The highest BCUT2D eigenvalue weighted by Gasteiger charge is 2.46. The molecular formula is C12H20N3O9P. The minimum atomic E-state index is -4.75. The zero-order chi connectivity index (χ0) is 18.6. The molecule has 142 valence electrons. The average molecular weight is 381 g/mol. The van der Waals surface area contributed by atoms with E-state index < -0.39 is 44.7 Å². The van der Waals surface area contributed by atoms with Crippen LogP contribution >= 0.6 is 7.82 Å². The Morgan fingerprint density at radius 2 is 2.16 bits per heavy atom. The maximum absolute atomic E-state index is 12.0. The van der Waals surface area contributed by atoms with Crippen molar-refractivity contribution in [2.24, 2.45) is 0 Å². The number of hydrogen-bond donors (Lipinski definition) is 4. The number of aliphatic hydroxyl groups is 1. The molecule has 0 aliphatic carbocycles. The minimum absolute atomic E-state index is 0.0121. The highest BCUT2D eigenvalue weighted by molar-refractivity contribution is 7.46. The molecule has 2 heterocycles. The molecule has 0 radical (unpaired) electrons. The van der Waals surface area contributed by atoms with E-state index in [1.54, 1.807) is 0 Å². The number of ether oxygens (including phenoxy) is 3. The van der Waals surface area contributed by atoms with Gasteiger partial charge in [-0.15, -0.1) is 0 Å². The van der Waals surface area contributed by atoms with Gasteiger partial charge < -0.3 is 34.8 Å². The van der Waals surface area contributed by atoms with Crippen LogP contribution in [0, 0.1) is 0 Å². The van der Waals surface area contributed by atoms with Gasteiger partial charge in [-0.25, -0.2) is 9.36 Å². The Labute approximate surface area is 142 Å². The second kappa shape index (κ2) is 8.34. The molecule has 0 unspecified atom stereocenters. The van der Waals surface area contributed by atoms with Crippen molar-refractivity contribution in [2.45, 2.75) is 24.5 Å². The monoisotopic (exact) mass is 381 g/mol. The lowest BCUT2D eigenvalue weighted by molar-refractivity contribution is -0.0816. The Hall–Kier alpha value is -1.37. The molecule has 0 spiro atoms. The SMILES string of the molecule is COCCO[C@@H]1[C@H](O)[C@@H](COP(=O)(O)O)O[C@H]1n1ccc(N)nc1=O. The summed E-state index contributed by atoms with van der Waals surface area (Å²) >= 11 is 0. The van der Waals surface area contributed by atoms with E-state index in [1.807, 2.05) is 0 Å². The van der Waals surface area contributed by atoms with Crippen LogP contribution in [0.3, 0.4) is 0 Å². The van der Waals surface area contributed by atoms with Gasteiger partial charge in [0.1, 0.15) is 24.1 Å². The Kier molecular flexibility index (Phi) is 6.65. The van der Waals surface area contributed by atoms with Crippen molar-refractivity contribution in [3.05, 3.63) is 22.7 Å². The van der Waals surface area contributed by atoms with Gasteiger partial charge in [-0.3, -0.25) is 9.09 Å². The van der Waals surface area contributed by atoms with E-state index in [1.165, 1.54) is 19.4 Å². The van der Waals surface area contributed by atoms with E-state index >= 15 is 0 Å². The average Bonchev–Trinajstić information content (AvgIpc) is 2.82. The molecule has 2 rings (SSSR count). The van der Waals surface area contributed by atoms with E-state index in [2.05, 4.69) is 9.51 Å². The molecule has 1 saturated heterocycles. The summed E-state index contributed by atoms with van der Waals surface area (Å²) in [6.07, 6.45) is -3.21. The molecule has 1 fully saturated rings. The lowest BCUT2D eigenvalue weighted by Gasteiger charge is -2.22. The van der Waals surface area contributed by atoms with Gasteiger partial charge in [-0.1, -0.05) is 0 Å². The Bertz CT molecular complexity index is 678. The summed E-state index contributed by atoms with van der Waals surface area (Å²) in [6, 6.07) is 1.36. The van der Waals surface area contributed by atoms with Crippen LogP contribution < -0.4 is 11.4 Å². The third-order valence-corrected chi connectivity index (χ3v) is 3.93. The number of anilines is 1. The molecule has 5 N–H and O–H groups in total. The number of rotatable bonds is 8. The van der Waals surface area contributed by atoms with Gasteiger partial charge in [0, 0.05) is 13.3 Å². The predicted octanol–water partition coefficient (Wildman–Crippen LogP) is -1.78. The second-order valence-electron chi connectivity index (χ2n) is 5.21. The van der Waals surface area contributed by atoms with Gasteiger partial charge in [-0.05, 0) is 6.07 Å². The van der Waals surface area contributed by atoms with Crippen LogP contribution in [0.5, 0.6) is 0 Å². The number of phosphoric ester groups is 1. The summed E-state index contributed by atoms with van der Waals surface area (Å²) in [4.78, 5) is 33.2. The van der Waals surface area contributed by atoms with Gasteiger partial charge in [0.15, 0.2) is 6.23 Å². The van der Waals surface area contributed by atoms with Gasteiger partial charge in [0.2, 0.25) is 0 Å². The summed E-state index contributed by atoms with van der Waals surface area (Å²) in [5, 5.41) is 10.3. The third-order valence-electron chi connectivity index (χ3n) is 3.44. The minimum Gasteiger partial charge on any atom is -0.387 e. The molecule has 0 aromatic carbocycles. The molecular weight excluding hydrogens is 361 g/mol. The summed E-state index contributed by atoms with van der Waals surface area (Å²) < 4.78 is 32.2. The summed E-state index contributed by atoms with van der Waals surface area (Å²) in [5.41, 5.74) is 4.71. The van der Waals surface area contributed by atoms with Crippen LogP contribution in [0.1, 0.15) is 6.23 Å². The van der Waals surface area contributed by atoms with E-state index in [4.69, 9.17) is 29.7 Å². The van der Waals surface area contributed by atoms with E-state index in [-0.39, 0.29) is 19.0 Å². The largest absolute Gasteiger partial charge is 0.469 e. The Morgan fingerprint density at radius 1 is 1.44 bits per heavy atom. The fourth-order valence-corrected chi connectivity index (χ4v) is 2.66. The van der Waals surface area contributed by atoms with Gasteiger partial charge in [-0.2, -0.15) is 4.98 Å². The number of nitrogen functional groups attached to an aromatic ring is 1. The summed E-state index contributed by atoms with van der Waals surface area (Å²) in [6.45, 7) is -0.265. The topological polar surface area (TPSA) is 176 Å². The first-order chi connectivity index (χ1) is 11.7. The van der Waals surface area contributed by atoms with Gasteiger partial charge in [0.05, 0.1) is 19.8 Å². The van der Waals surface area contributed by atoms with Gasteiger partial charge >= 0.3 is 13.5 Å². The van der Waals surface area contributed by atoms with Crippen molar-refractivity contribution in [1.29, 1.82) is 0 Å². The molecule has 0 bridgehead atoms.